The van der Waals surface area contributed by atoms with Gasteiger partial charge in [0.15, 0.2) is 11.8 Å². The van der Waals surface area contributed by atoms with Crippen molar-refractivity contribution in [2.45, 2.75) is 129 Å². The fourth-order valence-electron chi connectivity index (χ4n) is 6.07. The number of ketones is 2. The van der Waals surface area contributed by atoms with Crippen LogP contribution in [0.5, 0.6) is 5.75 Å². The van der Waals surface area contributed by atoms with Crippen LogP contribution < -0.4 is 21.5 Å². The highest BCUT2D eigenvalue weighted by Crippen LogP contribution is 2.34. The molecule has 1 aromatic carbocycles. The molecule has 1 aliphatic carbocycles. The average molecular weight is 665 g/mol. The first-order chi connectivity index (χ1) is 22.0. The summed E-state index contributed by atoms with van der Waals surface area (Å²) < 4.78 is 39.2. The van der Waals surface area contributed by atoms with E-state index in [1.807, 2.05) is 27.7 Å². The predicted molar refractivity (Wildman–Crippen MR) is 180 cm³/mol. The summed E-state index contributed by atoms with van der Waals surface area (Å²) in [5.74, 6) is -8.43. The third-order valence-electron chi connectivity index (χ3n) is 9.01. The maximum Gasteiger partial charge on any atom is 0.334 e. The molecule has 2 rings (SSSR count). The topological polar surface area (TPSA) is 145 Å². The molecule has 0 aliphatic heterocycles. The van der Waals surface area contributed by atoms with Crippen molar-refractivity contribution in [3.63, 3.8) is 0 Å². The molecular weight excluding hydrogens is 606 g/mol. The van der Waals surface area contributed by atoms with Gasteiger partial charge in [-0.3, -0.25) is 19.2 Å². The summed E-state index contributed by atoms with van der Waals surface area (Å²) in [5.41, 5.74) is 13.2. The zero-order chi connectivity index (χ0) is 35.5. The summed E-state index contributed by atoms with van der Waals surface area (Å²) in [6, 6.07) is -0.0241. The molecule has 0 aromatic heterocycles. The summed E-state index contributed by atoms with van der Waals surface area (Å²) in [4.78, 5) is 55.8. The number of Topliss-reactive ketones (excluding diaryl/α,β-unsaturated/α-hetero) is 2. The second kappa shape index (κ2) is 18.6. The largest absolute Gasteiger partial charge is 0.497 e. The van der Waals surface area contributed by atoms with Crippen LogP contribution in [0.4, 0.5) is 8.78 Å². The smallest absolute Gasteiger partial charge is 0.334 e. The second-order valence-corrected chi connectivity index (χ2v) is 14.4. The Bertz CT molecular complexity index is 1170. The highest BCUT2D eigenvalue weighted by Gasteiger charge is 2.58. The summed E-state index contributed by atoms with van der Waals surface area (Å²) in [6.45, 7) is 10.5. The van der Waals surface area contributed by atoms with Gasteiger partial charge < -0.3 is 26.4 Å². The highest BCUT2D eigenvalue weighted by atomic mass is 19.3. The van der Waals surface area contributed by atoms with Crippen molar-refractivity contribution in [3.8, 4) is 5.75 Å². The minimum Gasteiger partial charge on any atom is -0.497 e. The number of ether oxygens (including phenoxy) is 1. The monoisotopic (exact) mass is 664 g/mol. The number of benzene rings is 1. The standard InChI is InChI=1S/C36H58F2N4O5/c1-22(2)17-18-42(35(46)31(40)24(5)6)33(32(44)28(39)20-26-13-15-27(47-7)16-14-26)36(37,38)34(45)29(41-30(43)19-23(3)4)21-25-11-9-8-10-12-25/h13-16,22-25,28-29,31,33H,8-12,17-21,39-40H2,1-7H3,(H,41,43)/t28-,29?,31-,33?/m0/s1. The molecular formula is C36H58F2N4O5. The lowest BCUT2D eigenvalue weighted by atomic mass is 9.81. The normalized spacial score (nSPS) is 16.9. The minimum absolute atomic E-state index is 0.0111. The van der Waals surface area contributed by atoms with Crippen molar-refractivity contribution in [1.29, 1.82) is 0 Å². The number of hydrogen-bond acceptors (Lipinski definition) is 7. The zero-order valence-electron chi connectivity index (χ0n) is 29.4. The molecule has 2 amide bonds. The first kappa shape index (κ1) is 40.3. The number of nitrogens with two attached hydrogens (primary N) is 2. The van der Waals surface area contributed by atoms with Gasteiger partial charge in [-0.1, -0.05) is 85.8 Å². The van der Waals surface area contributed by atoms with E-state index in [9.17, 15) is 19.2 Å². The van der Waals surface area contributed by atoms with Crippen LogP contribution in [0.25, 0.3) is 0 Å². The van der Waals surface area contributed by atoms with Crippen LogP contribution in [-0.4, -0.2) is 72.0 Å². The lowest BCUT2D eigenvalue weighted by molar-refractivity contribution is -0.170. The number of carbonyl (C=O) groups excluding carboxylic acids is 4. The minimum atomic E-state index is -4.37. The number of halogens is 2. The molecule has 4 atom stereocenters. The van der Waals surface area contributed by atoms with Gasteiger partial charge in [-0.05, 0) is 60.6 Å². The van der Waals surface area contributed by atoms with Gasteiger partial charge in [0, 0.05) is 13.0 Å². The van der Waals surface area contributed by atoms with Gasteiger partial charge in [0.05, 0.1) is 25.2 Å². The second-order valence-electron chi connectivity index (χ2n) is 14.4. The molecule has 2 unspecified atom stereocenters. The molecule has 11 heteroatoms. The van der Waals surface area contributed by atoms with Crippen LogP contribution in [0.15, 0.2) is 24.3 Å². The Balaban J connectivity index is 2.63. The Labute approximate surface area is 279 Å². The summed E-state index contributed by atoms with van der Waals surface area (Å²) in [5, 5.41) is 2.58. The van der Waals surface area contributed by atoms with Gasteiger partial charge in [-0.25, -0.2) is 0 Å². The number of nitrogens with one attached hydrogen (secondary N) is 1. The lowest BCUT2D eigenvalue weighted by Crippen LogP contribution is -2.66. The number of hydrogen-bond donors (Lipinski definition) is 3. The Morgan fingerprint density at radius 2 is 1.55 bits per heavy atom. The van der Waals surface area contributed by atoms with Gasteiger partial charge in [0.1, 0.15) is 5.75 Å². The first-order valence-electron chi connectivity index (χ1n) is 17.2. The predicted octanol–water partition coefficient (Wildman–Crippen LogP) is 5.07. The molecule has 1 aliphatic rings. The molecule has 0 heterocycles. The van der Waals surface area contributed by atoms with Crippen molar-refractivity contribution < 1.29 is 32.7 Å². The molecule has 1 aromatic rings. The van der Waals surface area contributed by atoms with Crippen molar-refractivity contribution in [1.82, 2.24) is 10.2 Å². The highest BCUT2D eigenvalue weighted by molar-refractivity contribution is 6.03. The number of amides is 2. The number of methoxy groups -OCH3 is 1. The van der Waals surface area contributed by atoms with Gasteiger partial charge in [-0.15, -0.1) is 0 Å². The van der Waals surface area contributed by atoms with E-state index in [0.717, 1.165) is 37.0 Å². The maximum absolute atomic E-state index is 17.0. The van der Waals surface area contributed by atoms with Gasteiger partial charge in [-0.2, -0.15) is 8.78 Å². The van der Waals surface area contributed by atoms with E-state index in [1.54, 1.807) is 38.1 Å². The Hall–Kier alpha value is -2.92. The van der Waals surface area contributed by atoms with E-state index in [2.05, 4.69) is 5.32 Å². The molecule has 5 N–H and O–H groups in total. The molecule has 0 saturated heterocycles. The average Bonchev–Trinajstić information content (AvgIpc) is 3.01. The van der Waals surface area contributed by atoms with E-state index >= 15 is 8.78 Å². The fourth-order valence-corrected chi connectivity index (χ4v) is 6.07. The van der Waals surface area contributed by atoms with Crippen LogP contribution in [-0.2, 0) is 25.6 Å². The van der Waals surface area contributed by atoms with Crippen molar-refractivity contribution >= 4 is 23.4 Å². The number of nitrogens with zero attached hydrogens (tertiary/aromatic N) is 1. The van der Waals surface area contributed by atoms with E-state index in [0.29, 0.717) is 11.3 Å². The van der Waals surface area contributed by atoms with E-state index < -0.39 is 59.4 Å². The third kappa shape index (κ3) is 11.9. The SMILES string of the molecule is COc1ccc(C[C@H](N)C(=O)C(N(CCC(C)C)C(=O)[C@@H](N)C(C)C)C(F)(F)C(=O)C(CC2CCCCC2)NC(=O)CC(C)C)cc1. The molecule has 0 radical (unpaired) electrons. The first-order valence-corrected chi connectivity index (χ1v) is 17.2. The van der Waals surface area contributed by atoms with Gasteiger partial charge >= 0.3 is 5.92 Å². The van der Waals surface area contributed by atoms with Crippen molar-refractivity contribution in [3.05, 3.63) is 29.8 Å². The summed E-state index contributed by atoms with van der Waals surface area (Å²) in [7, 11) is 1.51. The van der Waals surface area contributed by atoms with E-state index in [1.165, 1.54) is 7.11 Å². The van der Waals surface area contributed by atoms with Crippen molar-refractivity contribution in [2.75, 3.05) is 13.7 Å². The molecule has 9 nitrogen and oxygen atoms in total. The van der Waals surface area contributed by atoms with Crippen LogP contribution in [0.2, 0.25) is 0 Å². The fraction of sp³-hybridized carbons (Fsp3) is 0.722. The summed E-state index contributed by atoms with van der Waals surface area (Å²) in [6.07, 6.45) is 4.62. The maximum atomic E-state index is 17.0. The van der Waals surface area contributed by atoms with Crippen LogP contribution >= 0.6 is 0 Å². The van der Waals surface area contributed by atoms with Crippen LogP contribution in [0, 0.1) is 23.7 Å². The lowest BCUT2D eigenvalue weighted by Gasteiger charge is -2.39. The number of carbonyl (C=O) groups is 4. The number of rotatable bonds is 19. The van der Waals surface area contributed by atoms with Crippen LogP contribution in [0.1, 0.15) is 98.5 Å². The summed E-state index contributed by atoms with van der Waals surface area (Å²) >= 11 is 0. The Morgan fingerprint density at radius 3 is 2.06 bits per heavy atom. The molecule has 0 spiro atoms. The van der Waals surface area contributed by atoms with Gasteiger partial charge in [0.2, 0.25) is 17.6 Å². The van der Waals surface area contributed by atoms with E-state index in [4.69, 9.17) is 16.2 Å². The molecule has 266 valence electrons. The molecule has 0 bridgehead atoms. The third-order valence-corrected chi connectivity index (χ3v) is 9.01. The Kier molecular flexibility index (Phi) is 15.9. The number of alkyl halides is 2. The zero-order valence-corrected chi connectivity index (χ0v) is 29.4. The van der Waals surface area contributed by atoms with E-state index in [-0.39, 0.29) is 50.0 Å². The van der Waals surface area contributed by atoms with Crippen LogP contribution in [0.3, 0.4) is 0 Å². The molecule has 1 fully saturated rings. The van der Waals surface area contributed by atoms with Crippen molar-refractivity contribution in [2.24, 2.45) is 35.1 Å². The quantitative estimate of drug-likeness (QED) is 0.187. The Morgan fingerprint density at radius 1 is 0.957 bits per heavy atom. The molecule has 47 heavy (non-hydrogen) atoms. The van der Waals surface area contributed by atoms with Gasteiger partial charge in [0.25, 0.3) is 0 Å². The molecule has 1 saturated carbocycles.